The maximum Gasteiger partial charge on any atom is 0.317 e. The molecule has 0 aromatic heterocycles. The van der Waals surface area contributed by atoms with Crippen LogP contribution in [-0.4, -0.2) is 93.0 Å². The Morgan fingerprint density at radius 2 is 1.59 bits per heavy atom. The van der Waals surface area contributed by atoms with Crippen molar-refractivity contribution in [3.05, 3.63) is 0 Å². The molecule has 0 bridgehead atoms. The van der Waals surface area contributed by atoms with Gasteiger partial charge in [-0.05, 0) is 32.5 Å². The topological polar surface area (TPSA) is 94.1 Å². The first kappa shape index (κ1) is 18.8. The molecule has 1 rings (SSSR count). The van der Waals surface area contributed by atoms with Crippen LogP contribution in [-0.2, 0) is 14.3 Å². The quantitative estimate of drug-likeness (QED) is 0.543. The van der Waals surface area contributed by atoms with E-state index in [0.29, 0.717) is 13.2 Å². The Hall–Kier alpha value is -1.22. The summed E-state index contributed by atoms with van der Waals surface area (Å²) in [5.74, 6) is -0.778. The zero-order chi connectivity index (χ0) is 16.0. The zero-order valence-corrected chi connectivity index (χ0v) is 13.1. The van der Waals surface area contributed by atoms with Gasteiger partial charge >= 0.3 is 5.97 Å². The van der Waals surface area contributed by atoms with Crippen LogP contribution in [0, 0.1) is 0 Å². The van der Waals surface area contributed by atoms with E-state index in [2.05, 4.69) is 15.5 Å². The van der Waals surface area contributed by atoms with Crippen molar-refractivity contribution >= 4 is 12.4 Å². The van der Waals surface area contributed by atoms with Crippen LogP contribution in [0.4, 0.5) is 0 Å². The Morgan fingerprint density at radius 1 is 1.00 bits per heavy atom. The van der Waals surface area contributed by atoms with Gasteiger partial charge in [0.1, 0.15) is 6.73 Å². The molecule has 0 amide bonds. The van der Waals surface area contributed by atoms with Crippen molar-refractivity contribution in [1.29, 1.82) is 0 Å². The SMILES string of the molecule is O=COCN1CCCNCCN(CC(=O)O)CCCNCC1. The summed E-state index contributed by atoms with van der Waals surface area (Å²) in [6, 6.07) is 0. The Morgan fingerprint density at radius 3 is 2.18 bits per heavy atom. The predicted molar refractivity (Wildman–Crippen MR) is 82.6 cm³/mol. The van der Waals surface area contributed by atoms with E-state index in [1.807, 2.05) is 4.90 Å². The van der Waals surface area contributed by atoms with Gasteiger partial charge in [0, 0.05) is 32.7 Å². The van der Waals surface area contributed by atoms with Crippen LogP contribution in [0.15, 0.2) is 0 Å². The van der Waals surface area contributed by atoms with E-state index in [-0.39, 0.29) is 6.54 Å². The monoisotopic (exact) mass is 316 g/mol. The lowest BCUT2D eigenvalue weighted by Gasteiger charge is -2.23. The molecule has 0 aliphatic carbocycles. The van der Waals surface area contributed by atoms with Gasteiger partial charge in [0.25, 0.3) is 6.47 Å². The number of carbonyl (C=O) groups is 2. The molecule has 8 heteroatoms. The van der Waals surface area contributed by atoms with Crippen molar-refractivity contribution in [3.63, 3.8) is 0 Å². The molecule has 0 aromatic rings. The predicted octanol–water partition coefficient (Wildman–Crippen LogP) is -1.22. The van der Waals surface area contributed by atoms with Gasteiger partial charge in [0.2, 0.25) is 0 Å². The number of nitrogens with one attached hydrogen (secondary N) is 2. The highest BCUT2D eigenvalue weighted by molar-refractivity contribution is 5.69. The number of carboxylic acid groups (broad SMARTS) is 1. The van der Waals surface area contributed by atoms with Crippen LogP contribution in [0.25, 0.3) is 0 Å². The summed E-state index contributed by atoms with van der Waals surface area (Å²) in [6.07, 6.45) is 1.87. The molecule has 1 saturated heterocycles. The van der Waals surface area contributed by atoms with E-state index in [0.717, 1.165) is 65.2 Å². The summed E-state index contributed by atoms with van der Waals surface area (Å²) < 4.78 is 4.83. The Labute approximate surface area is 131 Å². The van der Waals surface area contributed by atoms with Crippen molar-refractivity contribution in [2.24, 2.45) is 0 Å². The molecule has 22 heavy (non-hydrogen) atoms. The first-order valence-corrected chi connectivity index (χ1v) is 7.85. The first-order chi connectivity index (χ1) is 10.7. The van der Waals surface area contributed by atoms with E-state index >= 15 is 0 Å². The van der Waals surface area contributed by atoms with Crippen molar-refractivity contribution in [3.8, 4) is 0 Å². The van der Waals surface area contributed by atoms with Gasteiger partial charge in [-0.1, -0.05) is 0 Å². The molecule has 128 valence electrons. The largest absolute Gasteiger partial charge is 0.480 e. The Balaban J connectivity index is 2.35. The summed E-state index contributed by atoms with van der Waals surface area (Å²) in [4.78, 5) is 25.2. The first-order valence-electron chi connectivity index (χ1n) is 7.85. The second kappa shape index (κ2) is 12.3. The van der Waals surface area contributed by atoms with Gasteiger partial charge in [0.05, 0.1) is 6.54 Å². The molecule has 1 heterocycles. The molecule has 0 saturated carbocycles. The maximum absolute atomic E-state index is 10.8. The van der Waals surface area contributed by atoms with E-state index in [4.69, 9.17) is 9.84 Å². The van der Waals surface area contributed by atoms with Crippen LogP contribution in [0.3, 0.4) is 0 Å². The summed E-state index contributed by atoms with van der Waals surface area (Å²) in [6.45, 7) is 7.44. The minimum Gasteiger partial charge on any atom is -0.480 e. The third-order valence-electron chi connectivity index (χ3n) is 3.55. The average Bonchev–Trinajstić information content (AvgIpc) is 2.49. The summed E-state index contributed by atoms with van der Waals surface area (Å²) in [5, 5.41) is 15.6. The molecule has 8 nitrogen and oxygen atoms in total. The maximum atomic E-state index is 10.8. The van der Waals surface area contributed by atoms with Crippen LogP contribution in [0.2, 0.25) is 0 Å². The van der Waals surface area contributed by atoms with Crippen LogP contribution in [0.5, 0.6) is 0 Å². The second-order valence-corrected chi connectivity index (χ2v) is 5.39. The number of hydrogen-bond donors (Lipinski definition) is 3. The van der Waals surface area contributed by atoms with Crippen molar-refractivity contribution in [1.82, 2.24) is 20.4 Å². The van der Waals surface area contributed by atoms with Gasteiger partial charge in [0.15, 0.2) is 0 Å². The molecule has 3 N–H and O–H groups in total. The minimum atomic E-state index is -0.778. The van der Waals surface area contributed by atoms with E-state index in [9.17, 15) is 9.59 Å². The number of aliphatic carboxylic acids is 1. The summed E-state index contributed by atoms with van der Waals surface area (Å²) >= 11 is 0. The number of carbonyl (C=O) groups excluding carboxylic acids is 1. The Bertz CT molecular complexity index is 301. The molecule has 0 unspecified atom stereocenters. The molecule has 1 aliphatic rings. The van der Waals surface area contributed by atoms with Gasteiger partial charge in [-0.3, -0.25) is 19.4 Å². The average molecular weight is 316 g/mol. The van der Waals surface area contributed by atoms with Gasteiger partial charge in [-0.2, -0.15) is 0 Å². The highest BCUT2D eigenvalue weighted by atomic mass is 16.5. The van der Waals surface area contributed by atoms with Gasteiger partial charge in [-0.15, -0.1) is 0 Å². The number of nitrogens with zero attached hydrogens (tertiary/aromatic N) is 2. The second-order valence-electron chi connectivity index (χ2n) is 5.39. The lowest BCUT2D eigenvalue weighted by molar-refractivity contribution is -0.138. The molecule has 0 spiro atoms. The molecule has 0 atom stereocenters. The number of ether oxygens (including phenoxy) is 1. The fraction of sp³-hybridized carbons (Fsp3) is 0.857. The van der Waals surface area contributed by atoms with Crippen LogP contribution >= 0.6 is 0 Å². The highest BCUT2D eigenvalue weighted by Gasteiger charge is 2.10. The van der Waals surface area contributed by atoms with Crippen molar-refractivity contribution in [2.75, 3.05) is 65.6 Å². The van der Waals surface area contributed by atoms with Crippen LogP contribution in [0.1, 0.15) is 12.8 Å². The lowest BCUT2D eigenvalue weighted by Crippen LogP contribution is -2.40. The van der Waals surface area contributed by atoms with Crippen molar-refractivity contribution in [2.45, 2.75) is 12.8 Å². The smallest absolute Gasteiger partial charge is 0.317 e. The van der Waals surface area contributed by atoms with E-state index in [1.54, 1.807) is 0 Å². The molecule has 1 aliphatic heterocycles. The van der Waals surface area contributed by atoms with Gasteiger partial charge in [-0.25, -0.2) is 0 Å². The fourth-order valence-corrected chi connectivity index (χ4v) is 2.42. The normalized spacial score (nSPS) is 20.9. The highest BCUT2D eigenvalue weighted by Crippen LogP contribution is 1.94. The number of rotatable bonds is 5. The van der Waals surface area contributed by atoms with Crippen LogP contribution < -0.4 is 10.6 Å². The van der Waals surface area contributed by atoms with E-state index < -0.39 is 5.97 Å². The molecular formula is C14H28N4O4. The molecular weight excluding hydrogens is 288 g/mol. The van der Waals surface area contributed by atoms with E-state index in [1.165, 1.54) is 0 Å². The summed E-state index contributed by atoms with van der Waals surface area (Å²) in [5.41, 5.74) is 0. The zero-order valence-electron chi connectivity index (χ0n) is 13.1. The standard InChI is InChI=1S/C14H28N4O4/c19-13-22-12-18-8-2-4-15-5-9-17(11-14(20)21)7-1-3-16-6-10-18/h13,15-16H,1-12H2,(H,20,21). The number of hydrogen-bond acceptors (Lipinski definition) is 7. The van der Waals surface area contributed by atoms with Gasteiger partial charge < -0.3 is 20.5 Å². The van der Waals surface area contributed by atoms with Crippen molar-refractivity contribution < 1.29 is 19.4 Å². The lowest BCUT2D eigenvalue weighted by atomic mass is 10.3. The molecule has 1 fully saturated rings. The third kappa shape index (κ3) is 9.67. The Kier molecular flexibility index (Phi) is 10.6. The third-order valence-corrected chi connectivity index (χ3v) is 3.55. The summed E-state index contributed by atoms with van der Waals surface area (Å²) in [7, 11) is 0. The number of carboxylic acids is 1. The fourth-order valence-electron chi connectivity index (χ4n) is 2.42. The molecule has 0 radical (unpaired) electrons. The minimum absolute atomic E-state index is 0.0957. The molecule has 0 aromatic carbocycles.